The van der Waals surface area contributed by atoms with Gasteiger partial charge in [-0.3, -0.25) is 4.79 Å². The molecule has 31 heavy (non-hydrogen) atoms. The lowest BCUT2D eigenvalue weighted by atomic mass is 10.2. The average molecular weight is 481 g/mol. The Labute approximate surface area is 183 Å². The summed E-state index contributed by atoms with van der Waals surface area (Å²) in [5.74, 6) is -1.26. The van der Waals surface area contributed by atoms with Gasteiger partial charge in [0.1, 0.15) is 18.4 Å². The Morgan fingerprint density at radius 3 is 2.35 bits per heavy atom. The predicted molar refractivity (Wildman–Crippen MR) is 107 cm³/mol. The van der Waals surface area contributed by atoms with Gasteiger partial charge in [-0.05, 0) is 29.8 Å². The Bertz CT molecular complexity index is 972. The van der Waals surface area contributed by atoms with E-state index in [1.807, 2.05) is 6.07 Å². The summed E-state index contributed by atoms with van der Waals surface area (Å²) in [6.45, 7) is 0.376. The maximum absolute atomic E-state index is 13.0. The molecule has 0 spiro atoms. The number of nitrogens with zero attached hydrogens (tertiary/aromatic N) is 1. The van der Waals surface area contributed by atoms with Crippen LogP contribution in [-0.4, -0.2) is 50.7 Å². The van der Waals surface area contributed by atoms with Crippen molar-refractivity contribution in [1.82, 2.24) is 9.62 Å². The number of carbonyl (C=O) groups excluding carboxylic acids is 1. The van der Waals surface area contributed by atoms with Crippen molar-refractivity contribution in [3.63, 3.8) is 0 Å². The third-order valence-corrected chi connectivity index (χ3v) is 6.28. The van der Waals surface area contributed by atoms with Crippen molar-refractivity contribution in [2.24, 2.45) is 0 Å². The number of hydrogen-bond donors (Lipinski definition) is 1. The first-order valence-corrected chi connectivity index (χ1v) is 10.4. The highest BCUT2D eigenvalue weighted by Crippen LogP contribution is 2.26. The average Bonchev–Trinajstić information content (AvgIpc) is 2.72. The number of carbonyl (C=O) groups is 1. The maximum Gasteiger partial charge on any atom is 0.573 e. The van der Waals surface area contributed by atoms with Gasteiger partial charge >= 0.3 is 12.3 Å². The fourth-order valence-corrected chi connectivity index (χ4v) is 4.53. The van der Waals surface area contributed by atoms with Gasteiger partial charge in [0.2, 0.25) is 10.0 Å². The largest absolute Gasteiger partial charge is 0.573 e. The van der Waals surface area contributed by atoms with Gasteiger partial charge in [0, 0.05) is 19.6 Å². The van der Waals surface area contributed by atoms with Crippen LogP contribution in [0.1, 0.15) is 5.56 Å². The highest BCUT2D eigenvalue weighted by molar-refractivity contribution is 7.89. The van der Waals surface area contributed by atoms with E-state index in [2.05, 4.69) is 10.1 Å². The van der Waals surface area contributed by atoms with Gasteiger partial charge < -0.3 is 14.8 Å². The predicted octanol–water partition coefficient (Wildman–Crippen LogP) is 2.71. The minimum atomic E-state index is -4.88. The number of rotatable bonds is 6. The van der Waals surface area contributed by atoms with E-state index in [9.17, 15) is 26.4 Å². The van der Waals surface area contributed by atoms with Crippen LogP contribution in [-0.2, 0) is 26.2 Å². The molecule has 1 unspecified atom stereocenters. The minimum Gasteiger partial charge on any atom is -0.460 e. The SMILES string of the molecule is Cl.O=C(OCc1ccccc1)C1CNCCN1S(=O)(=O)c1ccc(OC(F)(F)F)cc1. The summed E-state index contributed by atoms with van der Waals surface area (Å²) in [5.41, 5.74) is 0.754. The van der Waals surface area contributed by atoms with E-state index in [0.717, 1.165) is 34.1 Å². The van der Waals surface area contributed by atoms with Crippen LogP contribution in [0.25, 0.3) is 0 Å². The zero-order chi connectivity index (χ0) is 21.8. The summed E-state index contributed by atoms with van der Waals surface area (Å²) in [5, 5.41) is 2.95. The van der Waals surface area contributed by atoms with Crippen molar-refractivity contribution in [3.8, 4) is 5.75 Å². The molecular formula is C19H20ClF3N2O5S. The molecule has 12 heteroatoms. The molecule has 1 heterocycles. The van der Waals surface area contributed by atoms with Crippen molar-refractivity contribution >= 4 is 28.4 Å². The Hall–Kier alpha value is -2.34. The molecule has 1 aliphatic rings. The second kappa shape index (κ2) is 10.3. The number of esters is 1. The Kier molecular flexibility index (Phi) is 8.29. The molecule has 1 fully saturated rings. The first kappa shape index (κ1) is 24.9. The second-order valence-electron chi connectivity index (χ2n) is 6.45. The topological polar surface area (TPSA) is 84.9 Å². The molecule has 7 nitrogen and oxygen atoms in total. The van der Waals surface area contributed by atoms with Crippen molar-refractivity contribution in [2.45, 2.75) is 23.9 Å². The number of halogens is 4. The van der Waals surface area contributed by atoms with E-state index in [0.29, 0.717) is 6.54 Å². The molecule has 2 aromatic carbocycles. The fourth-order valence-electron chi connectivity index (χ4n) is 2.95. The molecule has 0 radical (unpaired) electrons. The summed E-state index contributed by atoms with van der Waals surface area (Å²) < 4.78 is 72.9. The first-order chi connectivity index (χ1) is 14.2. The van der Waals surface area contributed by atoms with Crippen LogP contribution < -0.4 is 10.1 Å². The maximum atomic E-state index is 13.0. The normalized spacial score (nSPS) is 17.5. The monoisotopic (exact) mass is 480 g/mol. The zero-order valence-corrected chi connectivity index (χ0v) is 17.7. The molecule has 0 amide bonds. The van der Waals surface area contributed by atoms with Crippen LogP contribution in [0.5, 0.6) is 5.75 Å². The van der Waals surface area contributed by atoms with Crippen molar-refractivity contribution in [3.05, 3.63) is 60.2 Å². The highest BCUT2D eigenvalue weighted by Gasteiger charge is 2.39. The van der Waals surface area contributed by atoms with Crippen LogP contribution in [0.15, 0.2) is 59.5 Å². The second-order valence-corrected chi connectivity index (χ2v) is 8.34. The Morgan fingerprint density at radius 1 is 1.10 bits per heavy atom. The lowest BCUT2D eigenvalue weighted by Crippen LogP contribution is -2.57. The molecule has 2 aromatic rings. The van der Waals surface area contributed by atoms with Crippen LogP contribution in [0.4, 0.5) is 13.2 Å². The van der Waals surface area contributed by atoms with E-state index in [1.165, 1.54) is 0 Å². The van der Waals surface area contributed by atoms with E-state index >= 15 is 0 Å². The molecule has 1 aliphatic heterocycles. The summed E-state index contributed by atoms with van der Waals surface area (Å²) in [6.07, 6.45) is -4.88. The van der Waals surface area contributed by atoms with Crippen LogP contribution in [0, 0.1) is 0 Å². The van der Waals surface area contributed by atoms with E-state index in [4.69, 9.17) is 4.74 Å². The van der Waals surface area contributed by atoms with Crippen molar-refractivity contribution < 1.29 is 35.9 Å². The van der Waals surface area contributed by atoms with Gasteiger partial charge in [0.25, 0.3) is 0 Å². The summed E-state index contributed by atoms with van der Waals surface area (Å²) in [4.78, 5) is 12.3. The highest BCUT2D eigenvalue weighted by atomic mass is 35.5. The molecule has 1 atom stereocenters. The molecule has 0 saturated carbocycles. The van der Waals surface area contributed by atoms with Gasteiger partial charge in [0.15, 0.2) is 0 Å². The van der Waals surface area contributed by atoms with Crippen LogP contribution >= 0.6 is 12.4 Å². The number of benzene rings is 2. The fraction of sp³-hybridized carbons (Fsp3) is 0.316. The van der Waals surface area contributed by atoms with Crippen molar-refractivity contribution in [2.75, 3.05) is 19.6 Å². The van der Waals surface area contributed by atoms with Crippen molar-refractivity contribution in [1.29, 1.82) is 0 Å². The minimum absolute atomic E-state index is 0. The number of hydrogen-bond acceptors (Lipinski definition) is 6. The molecule has 1 saturated heterocycles. The molecule has 3 rings (SSSR count). The van der Waals surface area contributed by atoms with Gasteiger partial charge in [-0.25, -0.2) is 8.42 Å². The lowest BCUT2D eigenvalue weighted by Gasteiger charge is -2.33. The summed E-state index contributed by atoms with van der Waals surface area (Å²) in [6, 6.07) is 11.7. The van der Waals surface area contributed by atoms with Gasteiger partial charge in [-0.1, -0.05) is 30.3 Å². The smallest absolute Gasteiger partial charge is 0.460 e. The third kappa shape index (κ3) is 6.57. The van der Waals surface area contributed by atoms with Crippen LogP contribution in [0.3, 0.4) is 0 Å². The molecule has 170 valence electrons. The van der Waals surface area contributed by atoms with Crippen LogP contribution in [0.2, 0.25) is 0 Å². The quantitative estimate of drug-likeness (QED) is 0.640. The molecule has 0 bridgehead atoms. The number of sulfonamides is 1. The van der Waals surface area contributed by atoms with E-state index in [-0.39, 0.29) is 37.0 Å². The molecule has 0 aliphatic carbocycles. The Balaban J connectivity index is 0.00000341. The lowest BCUT2D eigenvalue weighted by molar-refractivity contribution is -0.274. The van der Waals surface area contributed by atoms with E-state index < -0.39 is 34.1 Å². The van der Waals surface area contributed by atoms with Gasteiger partial charge in [-0.2, -0.15) is 4.31 Å². The van der Waals surface area contributed by atoms with E-state index in [1.54, 1.807) is 24.3 Å². The van der Waals surface area contributed by atoms with Gasteiger partial charge in [-0.15, -0.1) is 25.6 Å². The standard InChI is InChI=1S/C19H19F3N2O5S.ClH/c20-19(21,22)29-15-6-8-16(9-7-15)30(26,27)24-11-10-23-12-17(24)18(25)28-13-14-4-2-1-3-5-14;/h1-9,17,23H,10-13H2;1H. The number of ether oxygens (including phenoxy) is 2. The zero-order valence-electron chi connectivity index (χ0n) is 16.0. The molecular weight excluding hydrogens is 461 g/mol. The summed E-state index contributed by atoms with van der Waals surface area (Å²) >= 11 is 0. The Morgan fingerprint density at radius 2 is 1.74 bits per heavy atom. The van der Waals surface area contributed by atoms with Gasteiger partial charge in [0.05, 0.1) is 4.90 Å². The number of nitrogens with one attached hydrogen (secondary N) is 1. The first-order valence-electron chi connectivity index (χ1n) is 8.96. The molecule has 1 N–H and O–H groups in total. The third-order valence-electron chi connectivity index (χ3n) is 4.35. The number of alkyl halides is 3. The molecule has 0 aromatic heterocycles. The summed E-state index contributed by atoms with van der Waals surface area (Å²) in [7, 11) is -4.14. The number of piperazine rings is 1.